The van der Waals surface area contributed by atoms with Gasteiger partial charge in [0.15, 0.2) is 5.82 Å². The minimum absolute atomic E-state index is 0.146. The van der Waals surface area contributed by atoms with Gasteiger partial charge in [-0.25, -0.2) is 14.4 Å². The second-order valence-electron chi connectivity index (χ2n) is 5.06. The number of halogens is 2. The zero-order valence-electron chi connectivity index (χ0n) is 12.0. The number of hydrogen-bond acceptors (Lipinski definition) is 2. The van der Waals surface area contributed by atoms with Gasteiger partial charge in [-0.15, -0.1) is 0 Å². The molecule has 4 heteroatoms. The molecule has 0 amide bonds. The summed E-state index contributed by atoms with van der Waals surface area (Å²) in [6, 6.07) is 0. The molecule has 2 nitrogen and oxygen atoms in total. The SMILES string of the molecule is CCCCCC(CCCCC)c1nc(Cl)ncc1F. The Morgan fingerprint density at radius 2 is 1.68 bits per heavy atom. The molecule has 0 aliphatic rings. The van der Waals surface area contributed by atoms with Crippen LogP contribution >= 0.6 is 11.6 Å². The fourth-order valence-electron chi connectivity index (χ4n) is 2.34. The van der Waals surface area contributed by atoms with Crippen LogP contribution in [0.1, 0.15) is 76.8 Å². The summed E-state index contributed by atoms with van der Waals surface area (Å²) in [6.07, 6.45) is 10.1. The summed E-state index contributed by atoms with van der Waals surface area (Å²) in [4.78, 5) is 7.80. The first-order valence-corrected chi connectivity index (χ1v) is 7.74. The molecular weight excluding hydrogens is 263 g/mol. The van der Waals surface area contributed by atoms with Gasteiger partial charge in [0, 0.05) is 5.92 Å². The summed E-state index contributed by atoms with van der Waals surface area (Å²) in [5, 5.41) is 0.146. The van der Waals surface area contributed by atoms with Crippen molar-refractivity contribution < 1.29 is 4.39 Å². The van der Waals surface area contributed by atoms with Crippen LogP contribution in [0, 0.1) is 5.82 Å². The van der Waals surface area contributed by atoms with Crippen LogP contribution in [-0.4, -0.2) is 9.97 Å². The van der Waals surface area contributed by atoms with Crippen molar-refractivity contribution >= 4 is 11.6 Å². The predicted molar refractivity (Wildman–Crippen MR) is 78.0 cm³/mol. The minimum atomic E-state index is -0.317. The van der Waals surface area contributed by atoms with E-state index in [1.807, 2.05) is 0 Å². The van der Waals surface area contributed by atoms with E-state index in [-0.39, 0.29) is 17.0 Å². The van der Waals surface area contributed by atoms with E-state index in [2.05, 4.69) is 23.8 Å². The second-order valence-corrected chi connectivity index (χ2v) is 5.40. The fraction of sp³-hybridized carbons (Fsp3) is 0.733. The highest BCUT2D eigenvalue weighted by Gasteiger charge is 2.18. The third-order valence-corrected chi connectivity index (χ3v) is 3.62. The summed E-state index contributed by atoms with van der Waals surface area (Å²) in [7, 11) is 0. The third-order valence-electron chi connectivity index (χ3n) is 3.44. The molecule has 0 saturated heterocycles. The molecule has 108 valence electrons. The van der Waals surface area contributed by atoms with E-state index in [9.17, 15) is 4.39 Å². The van der Waals surface area contributed by atoms with Crippen LogP contribution in [0.5, 0.6) is 0 Å². The molecule has 0 unspecified atom stereocenters. The summed E-state index contributed by atoms with van der Waals surface area (Å²) in [6.45, 7) is 4.35. The molecule has 0 fully saturated rings. The van der Waals surface area contributed by atoms with Crippen molar-refractivity contribution in [1.82, 2.24) is 9.97 Å². The molecule has 0 aromatic carbocycles. The summed E-state index contributed by atoms with van der Waals surface area (Å²) < 4.78 is 13.9. The van der Waals surface area contributed by atoms with Gasteiger partial charge >= 0.3 is 0 Å². The van der Waals surface area contributed by atoms with Crippen LogP contribution in [0.25, 0.3) is 0 Å². The lowest BCUT2D eigenvalue weighted by Gasteiger charge is -2.16. The summed E-state index contributed by atoms with van der Waals surface area (Å²) in [5.41, 5.74) is 0.507. The monoisotopic (exact) mass is 286 g/mol. The molecule has 1 rings (SSSR count). The average Bonchev–Trinajstić information content (AvgIpc) is 2.40. The predicted octanol–water partition coefficient (Wildman–Crippen LogP) is 5.51. The maximum Gasteiger partial charge on any atom is 0.222 e. The fourth-order valence-corrected chi connectivity index (χ4v) is 2.48. The van der Waals surface area contributed by atoms with Crippen LogP contribution < -0.4 is 0 Å². The summed E-state index contributed by atoms with van der Waals surface area (Å²) in [5.74, 6) is -0.138. The Hall–Kier alpha value is -0.700. The molecule has 0 aliphatic carbocycles. The maximum absolute atomic E-state index is 13.9. The van der Waals surface area contributed by atoms with Crippen LogP contribution in [-0.2, 0) is 0 Å². The smallest absolute Gasteiger partial charge is 0.222 e. The zero-order chi connectivity index (χ0) is 14.1. The van der Waals surface area contributed by atoms with Crippen LogP contribution in [0.15, 0.2) is 6.20 Å². The lowest BCUT2D eigenvalue weighted by molar-refractivity contribution is 0.470. The van der Waals surface area contributed by atoms with Crippen LogP contribution in [0.2, 0.25) is 5.28 Å². The van der Waals surface area contributed by atoms with Crippen molar-refractivity contribution in [1.29, 1.82) is 0 Å². The highest BCUT2D eigenvalue weighted by Crippen LogP contribution is 2.29. The topological polar surface area (TPSA) is 25.8 Å². The number of rotatable bonds is 9. The Kier molecular flexibility index (Phi) is 7.96. The Labute approximate surface area is 120 Å². The maximum atomic E-state index is 13.9. The number of unbranched alkanes of at least 4 members (excludes halogenated alkanes) is 4. The van der Waals surface area contributed by atoms with Crippen LogP contribution in [0.4, 0.5) is 4.39 Å². The van der Waals surface area contributed by atoms with Crippen LogP contribution in [0.3, 0.4) is 0 Å². The molecule has 0 bridgehead atoms. The van der Waals surface area contributed by atoms with Gasteiger partial charge in [-0.1, -0.05) is 52.4 Å². The Balaban J connectivity index is 2.72. The van der Waals surface area contributed by atoms with E-state index < -0.39 is 0 Å². The van der Waals surface area contributed by atoms with Gasteiger partial charge in [0.05, 0.1) is 11.9 Å². The van der Waals surface area contributed by atoms with Crippen molar-refractivity contribution in [3.8, 4) is 0 Å². The molecule has 19 heavy (non-hydrogen) atoms. The summed E-state index contributed by atoms with van der Waals surface area (Å²) >= 11 is 5.79. The minimum Gasteiger partial charge on any atom is -0.223 e. The Morgan fingerprint density at radius 3 is 2.21 bits per heavy atom. The van der Waals surface area contributed by atoms with Gasteiger partial charge in [-0.05, 0) is 24.4 Å². The first kappa shape index (κ1) is 16.4. The molecule has 0 aliphatic heterocycles. The molecule has 0 N–H and O–H groups in total. The van der Waals surface area contributed by atoms with E-state index in [0.717, 1.165) is 25.7 Å². The number of nitrogens with zero attached hydrogens (tertiary/aromatic N) is 2. The van der Waals surface area contributed by atoms with Crippen molar-refractivity contribution in [2.24, 2.45) is 0 Å². The van der Waals surface area contributed by atoms with Crippen molar-refractivity contribution in [3.63, 3.8) is 0 Å². The standard InChI is InChI=1S/C15H24ClFN2/c1-3-5-7-9-12(10-8-6-4-2)14-13(17)11-18-15(16)19-14/h11-12H,3-10H2,1-2H3. The lowest BCUT2D eigenvalue weighted by Crippen LogP contribution is -2.06. The largest absolute Gasteiger partial charge is 0.223 e. The van der Waals surface area contributed by atoms with Crippen molar-refractivity contribution in [2.75, 3.05) is 0 Å². The number of aromatic nitrogens is 2. The van der Waals surface area contributed by atoms with Gasteiger partial charge in [-0.2, -0.15) is 0 Å². The molecule has 0 spiro atoms. The van der Waals surface area contributed by atoms with E-state index in [4.69, 9.17) is 11.6 Å². The Bertz CT molecular complexity index is 361. The van der Waals surface area contributed by atoms with Gasteiger partial charge in [0.1, 0.15) is 0 Å². The van der Waals surface area contributed by atoms with E-state index in [0.29, 0.717) is 5.69 Å². The zero-order valence-corrected chi connectivity index (χ0v) is 12.7. The quantitative estimate of drug-likeness (QED) is 0.442. The first-order chi connectivity index (χ1) is 9.19. The molecule has 0 radical (unpaired) electrons. The molecule has 1 heterocycles. The lowest BCUT2D eigenvalue weighted by atomic mass is 9.91. The second kappa shape index (κ2) is 9.24. The van der Waals surface area contributed by atoms with Crippen molar-refractivity contribution in [2.45, 2.75) is 71.1 Å². The van der Waals surface area contributed by atoms with E-state index in [1.165, 1.54) is 31.9 Å². The normalized spacial score (nSPS) is 11.2. The number of hydrogen-bond donors (Lipinski definition) is 0. The average molecular weight is 287 g/mol. The Morgan fingerprint density at radius 1 is 1.11 bits per heavy atom. The molecule has 1 aromatic rings. The van der Waals surface area contributed by atoms with Gasteiger partial charge in [0.25, 0.3) is 0 Å². The molecule has 0 saturated carbocycles. The van der Waals surface area contributed by atoms with E-state index >= 15 is 0 Å². The van der Waals surface area contributed by atoms with Gasteiger partial charge in [0.2, 0.25) is 5.28 Å². The molecule has 1 aromatic heterocycles. The molecule has 0 atom stereocenters. The van der Waals surface area contributed by atoms with Gasteiger partial charge in [-0.3, -0.25) is 0 Å². The molecular formula is C15H24ClFN2. The highest BCUT2D eigenvalue weighted by atomic mass is 35.5. The van der Waals surface area contributed by atoms with Gasteiger partial charge < -0.3 is 0 Å². The first-order valence-electron chi connectivity index (χ1n) is 7.37. The van der Waals surface area contributed by atoms with Crippen molar-refractivity contribution in [3.05, 3.63) is 23.0 Å². The highest BCUT2D eigenvalue weighted by molar-refractivity contribution is 6.28. The third kappa shape index (κ3) is 5.85. The van der Waals surface area contributed by atoms with E-state index in [1.54, 1.807) is 0 Å².